The van der Waals surface area contributed by atoms with E-state index in [1.165, 1.54) is 0 Å². The number of aliphatic hydroxyl groups is 1. The molecule has 1 aromatic carbocycles. The number of aromatic nitrogens is 2. The van der Waals surface area contributed by atoms with E-state index in [1.807, 2.05) is 29.8 Å². The van der Waals surface area contributed by atoms with Gasteiger partial charge in [0.15, 0.2) is 0 Å². The van der Waals surface area contributed by atoms with E-state index in [9.17, 15) is 5.11 Å². The number of aliphatic hydroxyl groups excluding tert-OH is 1. The Kier molecular flexibility index (Phi) is 2.88. The zero-order valence-corrected chi connectivity index (χ0v) is 9.94. The molecule has 0 bridgehead atoms. The third-order valence-corrected chi connectivity index (χ3v) is 3.00. The van der Waals surface area contributed by atoms with Crippen molar-refractivity contribution in [2.75, 3.05) is 0 Å². The normalized spacial score (nSPS) is 15.3. The van der Waals surface area contributed by atoms with Crippen LogP contribution >= 0.6 is 11.6 Å². The Morgan fingerprint density at radius 2 is 2.19 bits per heavy atom. The SMILES string of the molecule is CC(O)C(N)c1nc2cccc(Cl)c2n1C. The van der Waals surface area contributed by atoms with E-state index >= 15 is 0 Å². The first kappa shape index (κ1) is 11.4. The van der Waals surface area contributed by atoms with Crippen molar-refractivity contribution in [2.24, 2.45) is 12.8 Å². The minimum atomic E-state index is -0.644. The van der Waals surface area contributed by atoms with Crippen molar-refractivity contribution in [3.8, 4) is 0 Å². The molecule has 0 saturated heterocycles. The first-order valence-corrected chi connectivity index (χ1v) is 5.44. The van der Waals surface area contributed by atoms with Crippen molar-refractivity contribution in [1.29, 1.82) is 0 Å². The lowest BCUT2D eigenvalue weighted by molar-refractivity contribution is 0.159. The first-order chi connectivity index (χ1) is 7.52. The maximum Gasteiger partial charge on any atom is 0.129 e. The van der Waals surface area contributed by atoms with Gasteiger partial charge in [0.05, 0.1) is 28.2 Å². The fourth-order valence-electron chi connectivity index (χ4n) is 1.75. The second kappa shape index (κ2) is 4.05. The first-order valence-electron chi connectivity index (χ1n) is 5.07. The molecule has 1 aromatic heterocycles. The zero-order chi connectivity index (χ0) is 11.9. The summed E-state index contributed by atoms with van der Waals surface area (Å²) in [6, 6.07) is 5.02. The molecule has 0 aliphatic carbocycles. The third kappa shape index (κ3) is 1.69. The Labute approximate surface area is 98.6 Å². The van der Waals surface area contributed by atoms with Crippen molar-refractivity contribution < 1.29 is 5.11 Å². The molecule has 0 saturated carbocycles. The van der Waals surface area contributed by atoms with E-state index < -0.39 is 12.1 Å². The molecule has 0 radical (unpaired) electrons. The zero-order valence-electron chi connectivity index (χ0n) is 9.18. The Bertz CT molecular complexity index is 521. The molecule has 86 valence electrons. The molecule has 4 nitrogen and oxygen atoms in total. The number of benzene rings is 1. The van der Waals surface area contributed by atoms with Gasteiger partial charge in [-0.25, -0.2) is 4.98 Å². The smallest absolute Gasteiger partial charge is 0.129 e. The summed E-state index contributed by atoms with van der Waals surface area (Å²) < 4.78 is 1.83. The molecule has 2 aromatic rings. The van der Waals surface area contributed by atoms with Gasteiger partial charge in [0.2, 0.25) is 0 Å². The number of nitrogens with zero attached hydrogens (tertiary/aromatic N) is 2. The Morgan fingerprint density at radius 1 is 1.50 bits per heavy atom. The number of hydrogen-bond donors (Lipinski definition) is 2. The predicted octanol–water partition coefficient (Wildman–Crippen LogP) is 1.61. The summed E-state index contributed by atoms with van der Waals surface area (Å²) >= 11 is 6.10. The molecule has 0 spiro atoms. The fourth-order valence-corrected chi connectivity index (χ4v) is 2.05. The van der Waals surface area contributed by atoms with Gasteiger partial charge in [-0.05, 0) is 19.1 Å². The van der Waals surface area contributed by atoms with E-state index in [0.717, 1.165) is 11.0 Å². The van der Waals surface area contributed by atoms with Gasteiger partial charge < -0.3 is 15.4 Å². The van der Waals surface area contributed by atoms with Crippen molar-refractivity contribution >= 4 is 22.6 Å². The van der Waals surface area contributed by atoms with Gasteiger partial charge >= 0.3 is 0 Å². The molecular formula is C11H14ClN3O. The molecule has 0 amide bonds. The highest BCUT2D eigenvalue weighted by Crippen LogP contribution is 2.26. The van der Waals surface area contributed by atoms with Gasteiger partial charge in [-0.2, -0.15) is 0 Å². The van der Waals surface area contributed by atoms with Gasteiger partial charge in [-0.3, -0.25) is 0 Å². The highest BCUT2D eigenvalue weighted by atomic mass is 35.5. The highest BCUT2D eigenvalue weighted by Gasteiger charge is 2.19. The molecule has 1 heterocycles. The number of nitrogens with two attached hydrogens (primary N) is 1. The lowest BCUT2D eigenvalue weighted by Crippen LogP contribution is -2.26. The molecule has 0 aliphatic rings. The summed E-state index contributed by atoms with van der Waals surface area (Å²) in [4.78, 5) is 4.39. The van der Waals surface area contributed by atoms with Crippen LogP contribution in [0.25, 0.3) is 11.0 Å². The average molecular weight is 240 g/mol. The summed E-state index contributed by atoms with van der Waals surface area (Å²) in [5.74, 6) is 0.637. The summed E-state index contributed by atoms with van der Waals surface area (Å²) in [5.41, 5.74) is 7.51. The number of aryl methyl sites for hydroxylation is 1. The number of para-hydroxylation sites is 1. The van der Waals surface area contributed by atoms with Crippen LogP contribution in [0.15, 0.2) is 18.2 Å². The van der Waals surface area contributed by atoms with E-state index in [0.29, 0.717) is 10.8 Å². The minimum absolute atomic E-state index is 0.506. The van der Waals surface area contributed by atoms with E-state index in [1.54, 1.807) is 6.92 Å². The number of fused-ring (bicyclic) bond motifs is 1. The average Bonchev–Trinajstić information content (AvgIpc) is 2.56. The summed E-state index contributed by atoms with van der Waals surface area (Å²) in [6.07, 6.45) is -0.644. The van der Waals surface area contributed by atoms with Crippen LogP contribution in [0.1, 0.15) is 18.8 Å². The Morgan fingerprint density at radius 3 is 2.75 bits per heavy atom. The van der Waals surface area contributed by atoms with E-state index in [2.05, 4.69) is 4.98 Å². The van der Waals surface area contributed by atoms with Crippen LogP contribution in [0.3, 0.4) is 0 Å². The molecule has 0 fully saturated rings. The van der Waals surface area contributed by atoms with Gasteiger partial charge in [0, 0.05) is 7.05 Å². The van der Waals surface area contributed by atoms with Gasteiger partial charge in [-0.1, -0.05) is 17.7 Å². The molecular weight excluding hydrogens is 226 g/mol. The highest BCUT2D eigenvalue weighted by molar-refractivity contribution is 6.35. The fraction of sp³-hybridized carbons (Fsp3) is 0.364. The standard InChI is InChI=1S/C11H14ClN3O/c1-6(16)9(13)11-14-8-5-3-4-7(12)10(8)15(11)2/h3-6,9,16H,13H2,1-2H3. The lowest BCUT2D eigenvalue weighted by atomic mass is 10.2. The quantitative estimate of drug-likeness (QED) is 0.837. The molecule has 2 rings (SSSR count). The van der Waals surface area contributed by atoms with Crippen LogP contribution in [-0.2, 0) is 7.05 Å². The number of hydrogen-bond acceptors (Lipinski definition) is 3. The number of imidazole rings is 1. The molecule has 2 atom stereocenters. The largest absolute Gasteiger partial charge is 0.391 e. The van der Waals surface area contributed by atoms with Crippen molar-refractivity contribution in [2.45, 2.75) is 19.1 Å². The summed E-state index contributed by atoms with van der Waals surface area (Å²) in [7, 11) is 1.85. The van der Waals surface area contributed by atoms with Crippen molar-refractivity contribution in [3.63, 3.8) is 0 Å². The Hall–Kier alpha value is -1.10. The lowest BCUT2D eigenvalue weighted by Gasteiger charge is -2.14. The van der Waals surface area contributed by atoms with Crippen molar-refractivity contribution in [3.05, 3.63) is 29.0 Å². The molecule has 0 aliphatic heterocycles. The van der Waals surface area contributed by atoms with E-state index in [4.69, 9.17) is 17.3 Å². The maximum absolute atomic E-state index is 9.48. The topological polar surface area (TPSA) is 64.1 Å². The number of halogens is 1. The van der Waals surface area contributed by atoms with Crippen LogP contribution in [0.5, 0.6) is 0 Å². The Balaban J connectivity index is 2.65. The van der Waals surface area contributed by atoms with Gasteiger partial charge in [-0.15, -0.1) is 0 Å². The van der Waals surface area contributed by atoms with E-state index in [-0.39, 0.29) is 0 Å². The van der Waals surface area contributed by atoms with Crippen LogP contribution in [-0.4, -0.2) is 20.8 Å². The molecule has 2 unspecified atom stereocenters. The summed E-state index contributed by atoms with van der Waals surface area (Å²) in [6.45, 7) is 1.64. The second-order valence-electron chi connectivity index (χ2n) is 3.90. The third-order valence-electron chi connectivity index (χ3n) is 2.70. The van der Waals surface area contributed by atoms with Crippen molar-refractivity contribution in [1.82, 2.24) is 9.55 Å². The van der Waals surface area contributed by atoms with Crippen LogP contribution in [0, 0.1) is 0 Å². The number of rotatable bonds is 2. The molecule has 3 N–H and O–H groups in total. The van der Waals surface area contributed by atoms with Gasteiger partial charge in [0.25, 0.3) is 0 Å². The molecule has 16 heavy (non-hydrogen) atoms. The predicted molar refractivity (Wildman–Crippen MR) is 64.3 cm³/mol. The van der Waals surface area contributed by atoms with Crippen LogP contribution in [0.4, 0.5) is 0 Å². The van der Waals surface area contributed by atoms with Gasteiger partial charge in [0.1, 0.15) is 5.82 Å². The second-order valence-corrected chi connectivity index (χ2v) is 4.31. The monoisotopic (exact) mass is 239 g/mol. The van der Waals surface area contributed by atoms with Crippen LogP contribution < -0.4 is 5.73 Å². The van der Waals surface area contributed by atoms with Crippen LogP contribution in [0.2, 0.25) is 5.02 Å². The summed E-state index contributed by atoms with van der Waals surface area (Å²) in [5, 5.41) is 10.1. The maximum atomic E-state index is 9.48. The minimum Gasteiger partial charge on any atom is -0.391 e. The molecule has 5 heteroatoms.